The summed E-state index contributed by atoms with van der Waals surface area (Å²) in [6.45, 7) is 11.0. The summed E-state index contributed by atoms with van der Waals surface area (Å²) < 4.78 is 0. The lowest BCUT2D eigenvalue weighted by molar-refractivity contribution is 0.0946. The van der Waals surface area contributed by atoms with Crippen molar-refractivity contribution in [3.8, 4) is 0 Å². The van der Waals surface area contributed by atoms with E-state index in [4.69, 9.17) is 0 Å². The smallest absolute Gasteiger partial charge is 0.271 e. The van der Waals surface area contributed by atoms with Crippen molar-refractivity contribution in [1.82, 2.24) is 20.2 Å². The van der Waals surface area contributed by atoms with Crippen LogP contribution >= 0.6 is 0 Å². The number of carbonyl (C=O) groups is 1. The van der Waals surface area contributed by atoms with Gasteiger partial charge < -0.3 is 15.5 Å². The van der Waals surface area contributed by atoms with E-state index in [1.54, 1.807) is 6.20 Å². The van der Waals surface area contributed by atoms with Gasteiger partial charge in [0.1, 0.15) is 11.5 Å². The van der Waals surface area contributed by atoms with Crippen LogP contribution in [0.15, 0.2) is 12.4 Å². The van der Waals surface area contributed by atoms with Crippen molar-refractivity contribution < 1.29 is 4.79 Å². The van der Waals surface area contributed by atoms with Crippen LogP contribution in [0.2, 0.25) is 0 Å². The summed E-state index contributed by atoms with van der Waals surface area (Å²) in [5.74, 6) is 0.541. The van der Waals surface area contributed by atoms with E-state index >= 15 is 0 Å². The van der Waals surface area contributed by atoms with Crippen LogP contribution in [0.5, 0.6) is 0 Å². The van der Waals surface area contributed by atoms with Gasteiger partial charge in [-0.15, -0.1) is 0 Å². The zero-order chi connectivity index (χ0) is 15.5. The minimum absolute atomic E-state index is 0.163. The molecule has 0 aliphatic rings. The van der Waals surface area contributed by atoms with Gasteiger partial charge in [0.15, 0.2) is 0 Å². The summed E-state index contributed by atoms with van der Waals surface area (Å²) >= 11 is 0. The maximum atomic E-state index is 11.9. The first kappa shape index (κ1) is 17.4. The highest BCUT2D eigenvalue weighted by Crippen LogP contribution is 2.01. The Morgan fingerprint density at radius 3 is 2.48 bits per heavy atom. The minimum atomic E-state index is -0.163. The standard InChI is InChI=1S/C15H27N5O/c1-4-8-16-14-12-18-13(11-19-14)15(21)17-9-7-10-20(5-2)6-3/h11-12H,4-10H2,1-3H3,(H,16,19)(H,17,21). The Labute approximate surface area is 127 Å². The van der Waals surface area contributed by atoms with Gasteiger partial charge in [0, 0.05) is 13.1 Å². The minimum Gasteiger partial charge on any atom is -0.369 e. The summed E-state index contributed by atoms with van der Waals surface area (Å²) in [7, 11) is 0. The number of hydrogen-bond donors (Lipinski definition) is 2. The molecule has 6 nitrogen and oxygen atoms in total. The monoisotopic (exact) mass is 293 g/mol. The van der Waals surface area contributed by atoms with Crippen molar-refractivity contribution in [1.29, 1.82) is 0 Å². The number of nitrogens with one attached hydrogen (secondary N) is 2. The van der Waals surface area contributed by atoms with Crippen molar-refractivity contribution in [2.75, 3.05) is 38.0 Å². The second-order valence-electron chi connectivity index (χ2n) is 4.85. The molecule has 0 radical (unpaired) electrons. The predicted octanol–water partition coefficient (Wildman–Crippen LogP) is 1.76. The zero-order valence-corrected chi connectivity index (χ0v) is 13.4. The molecule has 1 heterocycles. The molecular weight excluding hydrogens is 266 g/mol. The molecule has 0 aromatic carbocycles. The Morgan fingerprint density at radius 1 is 1.14 bits per heavy atom. The Morgan fingerprint density at radius 2 is 1.90 bits per heavy atom. The number of amides is 1. The quantitative estimate of drug-likeness (QED) is 0.643. The highest BCUT2D eigenvalue weighted by Gasteiger charge is 2.07. The molecule has 0 unspecified atom stereocenters. The van der Waals surface area contributed by atoms with Crippen LogP contribution in [0, 0.1) is 0 Å². The van der Waals surface area contributed by atoms with E-state index in [-0.39, 0.29) is 5.91 Å². The molecule has 0 atom stereocenters. The first-order valence-corrected chi connectivity index (χ1v) is 7.77. The third-order valence-corrected chi connectivity index (χ3v) is 3.27. The van der Waals surface area contributed by atoms with E-state index in [0.717, 1.165) is 39.0 Å². The second kappa shape index (κ2) is 10.1. The fraction of sp³-hybridized carbons (Fsp3) is 0.667. The molecule has 0 fully saturated rings. The lowest BCUT2D eigenvalue weighted by Crippen LogP contribution is -2.30. The van der Waals surface area contributed by atoms with Gasteiger partial charge in [-0.1, -0.05) is 20.8 Å². The Bertz CT molecular complexity index is 403. The van der Waals surface area contributed by atoms with E-state index in [1.165, 1.54) is 6.20 Å². The molecule has 1 rings (SSSR count). The van der Waals surface area contributed by atoms with E-state index in [1.807, 2.05) is 0 Å². The van der Waals surface area contributed by atoms with Crippen LogP contribution in [0.25, 0.3) is 0 Å². The highest BCUT2D eigenvalue weighted by atomic mass is 16.1. The summed E-state index contributed by atoms with van der Waals surface area (Å²) in [5.41, 5.74) is 0.361. The normalized spacial score (nSPS) is 10.7. The van der Waals surface area contributed by atoms with Gasteiger partial charge >= 0.3 is 0 Å². The fourth-order valence-electron chi connectivity index (χ4n) is 1.92. The predicted molar refractivity (Wildman–Crippen MR) is 85.6 cm³/mol. The maximum Gasteiger partial charge on any atom is 0.271 e. The Hall–Kier alpha value is -1.69. The summed E-state index contributed by atoms with van der Waals surface area (Å²) in [6, 6.07) is 0. The van der Waals surface area contributed by atoms with Gasteiger partial charge in [0.25, 0.3) is 5.91 Å². The molecule has 0 aliphatic carbocycles. The molecule has 0 saturated carbocycles. The highest BCUT2D eigenvalue weighted by molar-refractivity contribution is 5.91. The van der Waals surface area contributed by atoms with Gasteiger partial charge in [0.2, 0.25) is 0 Å². The Kier molecular flexibility index (Phi) is 8.35. The molecule has 1 aromatic rings. The second-order valence-corrected chi connectivity index (χ2v) is 4.85. The van der Waals surface area contributed by atoms with Crippen molar-refractivity contribution in [2.24, 2.45) is 0 Å². The van der Waals surface area contributed by atoms with Crippen molar-refractivity contribution >= 4 is 11.7 Å². The Balaban J connectivity index is 2.31. The number of nitrogens with zero attached hydrogens (tertiary/aromatic N) is 3. The molecule has 0 spiro atoms. The van der Waals surface area contributed by atoms with Gasteiger partial charge in [0.05, 0.1) is 12.4 Å². The largest absolute Gasteiger partial charge is 0.369 e. The molecule has 118 valence electrons. The summed E-state index contributed by atoms with van der Waals surface area (Å²) in [6.07, 6.45) is 5.08. The summed E-state index contributed by atoms with van der Waals surface area (Å²) in [5, 5.41) is 6.00. The van der Waals surface area contributed by atoms with Gasteiger partial charge in [-0.05, 0) is 32.5 Å². The molecule has 0 bridgehead atoms. The van der Waals surface area contributed by atoms with Crippen LogP contribution in [0.4, 0.5) is 5.82 Å². The molecule has 2 N–H and O–H groups in total. The maximum absolute atomic E-state index is 11.9. The van der Waals surface area contributed by atoms with Crippen LogP contribution in [0.1, 0.15) is 44.1 Å². The third-order valence-electron chi connectivity index (χ3n) is 3.27. The van der Waals surface area contributed by atoms with Crippen LogP contribution in [-0.2, 0) is 0 Å². The average molecular weight is 293 g/mol. The molecule has 0 aliphatic heterocycles. The fourth-order valence-corrected chi connectivity index (χ4v) is 1.92. The molecular formula is C15H27N5O. The molecule has 1 amide bonds. The first-order valence-electron chi connectivity index (χ1n) is 7.77. The number of hydrogen-bond acceptors (Lipinski definition) is 5. The van der Waals surface area contributed by atoms with Crippen LogP contribution in [0.3, 0.4) is 0 Å². The number of anilines is 1. The van der Waals surface area contributed by atoms with E-state index in [9.17, 15) is 4.79 Å². The average Bonchev–Trinajstić information content (AvgIpc) is 2.53. The molecule has 21 heavy (non-hydrogen) atoms. The molecule has 6 heteroatoms. The van der Waals surface area contributed by atoms with Crippen molar-refractivity contribution in [2.45, 2.75) is 33.6 Å². The van der Waals surface area contributed by atoms with Gasteiger partial charge in [-0.25, -0.2) is 9.97 Å². The van der Waals surface area contributed by atoms with Crippen LogP contribution < -0.4 is 10.6 Å². The molecule has 0 saturated heterocycles. The van der Waals surface area contributed by atoms with E-state index < -0.39 is 0 Å². The summed E-state index contributed by atoms with van der Waals surface area (Å²) in [4.78, 5) is 22.5. The number of rotatable bonds is 10. The number of aromatic nitrogens is 2. The van der Waals surface area contributed by atoms with Crippen molar-refractivity contribution in [3.05, 3.63) is 18.1 Å². The first-order chi connectivity index (χ1) is 10.2. The topological polar surface area (TPSA) is 70.2 Å². The van der Waals surface area contributed by atoms with Crippen LogP contribution in [-0.4, -0.2) is 53.5 Å². The van der Waals surface area contributed by atoms with Gasteiger partial charge in [-0.2, -0.15) is 0 Å². The van der Waals surface area contributed by atoms with Crippen molar-refractivity contribution in [3.63, 3.8) is 0 Å². The van der Waals surface area contributed by atoms with Gasteiger partial charge in [-0.3, -0.25) is 4.79 Å². The zero-order valence-electron chi connectivity index (χ0n) is 13.4. The number of carbonyl (C=O) groups excluding carboxylic acids is 1. The lowest BCUT2D eigenvalue weighted by atomic mass is 10.3. The SMILES string of the molecule is CCCNc1cnc(C(=O)NCCCN(CC)CC)cn1. The third kappa shape index (κ3) is 6.53. The van der Waals surface area contributed by atoms with E-state index in [0.29, 0.717) is 18.1 Å². The van der Waals surface area contributed by atoms with E-state index in [2.05, 4.69) is 46.3 Å². The molecule has 1 aromatic heterocycles. The lowest BCUT2D eigenvalue weighted by Gasteiger charge is -2.17.